The second kappa shape index (κ2) is 6.54. The van der Waals surface area contributed by atoms with Gasteiger partial charge >= 0.3 is 0 Å². The lowest BCUT2D eigenvalue weighted by atomic mass is 9.45. The number of fused-ring (bicyclic) bond motifs is 5. The Morgan fingerprint density at radius 2 is 1.90 bits per heavy atom. The van der Waals surface area contributed by atoms with Gasteiger partial charge in [0.05, 0.1) is 11.8 Å². The van der Waals surface area contributed by atoms with Gasteiger partial charge in [-0.1, -0.05) is 13.8 Å². The summed E-state index contributed by atoms with van der Waals surface area (Å²) in [6, 6.07) is 0. The Kier molecular flexibility index (Phi) is 4.40. The number of aliphatic hydroxyl groups excluding tert-OH is 1. The summed E-state index contributed by atoms with van der Waals surface area (Å²) in [5.41, 5.74) is 3.43. The molecule has 0 saturated heterocycles. The summed E-state index contributed by atoms with van der Waals surface area (Å²) in [6.45, 7) is 6.86. The van der Waals surface area contributed by atoms with E-state index in [0.29, 0.717) is 23.5 Å². The molecule has 0 amide bonds. The fourth-order valence-corrected chi connectivity index (χ4v) is 8.06. The van der Waals surface area contributed by atoms with E-state index in [2.05, 4.69) is 25.0 Å². The number of ketones is 1. The maximum Gasteiger partial charge on any atom is 0.159 e. The molecule has 4 nitrogen and oxygen atoms in total. The van der Waals surface area contributed by atoms with Crippen LogP contribution in [-0.4, -0.2) is 26.8 Å². The standard InChI is InChI=1S/C25H36N2O2/c1-15-17(14-27(4)26-15)11-16-13-25(3)18(12-22(16)28)5-6-19-20-7-8-23(29)24(20,2)10-9-21(19)25/h11,14,18-21,23,29H,5-10,12-13H2,1-4H3/b16-11-/t18-,19+,20+,21+,23+,24+,25+/m1/s1. The Morgan fingerprint density at radius 3 is 2.62 bits per heavy atom. The summed E-state index contributed by atoms with van der Waals surface area (Å²) in [6.07, 6.45) is 12.7. The molecule has 7 atom stereocenters. The third-order valence-electron chi connectivity index (χ3n) is 9.76. The summed E-state index contributed by atoms with van der Waals surface area (Å²) >= 11 is 0. The number of rotatable bonds is 1. The Labute approximate surface area is 174 Å². The lowest BCUT2D eigenvalue weighted by Gasteiger charge is -2.60. The van der Waals surface area contributed by atoms with Crippen LogP contribution in [0.2, 0.25) is 0 Å². The van der Waals surface area contributed by atoms with E-state index in [1.165, 1.54) is 25.7 Å². The first-order chi connectivity index (χ1) is 13.7. The largest absolute Gasteiger partial charge is 0.393 e. The van der Waals surface area contributed by atoms with Crippen molar-refractivity contribution >= 4 is 11.9 Å². The monoisotopic (exact) mass is 396 g/mol. The molecular formula is C25H36N2O2. The number of carbonyl (C=O) groups is 1. The highest BCUT2D eigenvalue weighted by molar-refractivity contribution is 6.00. The molecule has 4 heteroatoms. The number of hydrogen-bond acceptors (Lipinski definition) is 3. The van der Waals surface area contributed by atoms with Gasteiger partial charge in [-0.05, 0) is 98.0 Å². The smallest absolute Gasteiger partial charge is 0.159 e. The van der Waals surface area contributed by atoms with E-state index in [1.807, 2.05) is 24.9 Å². The zero-order valence-electron chi connectivity index (χ0n) is 18.4. The molecule has 0 bridgehead atoms. The van der Waals surface area contributed by atoms with Crippen molar-refractivity contribution in [2.45, 2.75) is 78.2 Å². The van der Waals surface area contributed by atoms with Gasteiger partial charge in [0.1, 0.15) is 0 Å². The van der Waals surface area contributed by atoms with Gasteiger partial charge < -0.3 is 5.11 Å². The highest BCUT2D eigenvalue weighted by atomic mass is 16.3. The van der Waals surface area contributed by atoms with E-state index in [4.69, 9.17) is 0 Å². The third-order valence-corrected chi connectivity index (χ3v) is 9.76. The molecule has 1 aromatic rings. The molecule has 4 saturated carbocycles. The van der Waals surface area contributed by atoms with Crippen LogP contribution in [0.5, 0.6) is 0 Å². The number of Topliss-reactive ketones (excluding diaryl/α,β-unsaturated/α-hetero) is 1. The average Bonchev–Trinajstić information content (AvgIpc) is 3.14. The van der Waals surface area contributed by atoms with Crippen molar-refractivity contribution in [2.75, 3.05) is 0 Å². The van der Waals surface area contributed by atoms with E-state index >= 15 is 0 Å². The van der Waals surface area contributed by atoms with Crippen LogP contribution >= 0.6 is 0 Å². The molecule has 0 radical (unpaired) electrons. The first-order valence-electron chi connectivity index (χ1n) is 11.6. The van der Waals surface area contributed by atoms with Gasteiger partial charge in [-0.3, -0.25) is 9.48 Å². The van der Waals surface area contributed by atoms with Crippen molar-refractivity contribution in [3.8, 4) is 0 Å². The van der Waals surface area contributed by atoms with Gasteiger partial charge in [0.2, 0.25) is 0 Å². The second-order valence-corrected chi connectivity index (χ2v) is 11.1. The van der Waals surface area contributed by atoms with Gasteiger partial charge in [-0.15, -0.1) is 0 Å². The van der Waals surface area contributed by atoms with E-state index < -0.39 is 0 Å². The lowest BCUT2D eigenvalue weighted by molar-refractivity contribution is -0.134. The van der Waals surface area contributed by atoms with Crippen LogP contribution in [0.3, 0.4) is 0 Å². The van der Waals surface area contributed by atoms with Crippen molar-refractivity contribution < 1.29 is 9.90 Å². The molecule has 4 aliphatic carbocycles. The Hall–Kier alpha value is -1.42. The summed E-state index contributed by atoms with van der Waals surface area (Å²) in [4.78, 5) is 13.0. The zero-order valence-corrected chi connectivity index (χ0v) is 18.4. The maximum atomic E-state index is 13.0. The molecule has 0 aliphatic heterocycles. The zero-order chi connectivity index (χ0) is 20.6. The fourth-order valence-electron chi connectivity index (χ4n) is 8.06. The fraction of sp³-hybridized carbons (Fsp3) is 0.760. The molecule has 0 aromatic carbocycles. The number of aliphatic hydroxyl groups is 1. The number of carbonyl (C=O) groups excluding carboxylic acids is 1. The molecule has 1 N–H and O–H groups in total. The predicted molar refractivity (Wildman–Crippen MR) is 114 cm³/mol. The summed E-state index contributed by atoms with van der Waals surface area (Å²) in [5, 5.41) is 15.1. The first kappa shape index (κ1) is 19.5. The van der Waals surface area contributed by atoms with Crippen LogP contribution in [0, 0.1) is 41.4 Å². The second-order valence-electron chi connectivity index (χ2n) is 11.1. The van der Waals surface area contributed by atoms with Crippen molar-refractivity contribution in [3.05, 3.63) is 23.0 Å². The Bertz CT molecular complexity index is 870. The van der Waals surface area contributed by atoms with Crippen LogP contribution in [0.1, 0.15) is 76.5 Å². The highest BCUT2D eigenvalue weighted by Gasteiger charge is 2.60. The van der Waals surface area contributed by atoms with Crippen molar-refractivity contribution in [1.29, 1.82) is 0 Å². The Morgan fingerprint density at radius 1 is 1.14 bits per heavy atom. The van der Waals surface area contributed by atoms with Crippen LogP contribution in [0.25, 0.3) is 6.08 Å². The minimum Gasteiger partial charge on any atom is -0.393 e. The van der Waals surface area contributed by atoms with E-state index in [0.717, 1.165) is 48.4 Å². The van der Waals surface area contributed by atoms with E-state index in [1.54, 1.807) is 0 Å². The summed E-state index contributed by atoms with van der Waals surface area (Å²) < 4.78 is 1.84. The highest BCUT2D eigenvalue weighted by Crippen LogP contribution is 2.66. The number of hydrogen-bond donors (Lipinski definition) is 1. The first-order valence-corrected chi connectivity index (χ1v) is 11.6. The average molecular weight is 397 g/mol. The number of allylic oxidation sites excluding steroid dienone is 1. The summed E-state index contributed by atoms with van der Waals surface area (Å²) in [7, 11) is 1.94. The molecule has 0 spiro atoms. The van der Waals surface area contributed by atoms with Gasteiger partial charge in [-0.2, -0.15) is 5.10 Å². The molecule has 5 rings (SSSR count). The van der Waals surface area contributed by atoms with Gasteiger partial charge in [0.15, 0.2) is 5.78 Å². The third kappa shape index (κ3) is 2.81. The van der Waals surface area contributed by atoms with Crippen molar-refractivity contribution in [2.24, 2.45) is 41.5 Å². The van der Waals surface area contributed by atoms with Crippen LogP contribution < -0.4 is 0 Å². The molecule has 1 aromatic heterocycles. The molecule has 1 heterocycles. The molecule has 4 fully saturated rings. The Balaban J connectivity index is 1.47. The molecule has 29 heavy (non-hydrogen) atoms. The maximum absolute atomic E-state index is 13.0. The van der Waals surface area contributed by atoms with E-state index in [-0.39, 0.29) is 16.9 Å². The predicted octanol–water partition coefficient (Wildman–Crippen LogP) is 4.69. The number of nitrogens with zero attached hydrogens (tertiary/aromatic N) is 2. The molecule has 158 valence electrons. The summed E-state index contributed by atoms with van der Waals surface area (Å²) in [5.74, 6) is 2.96. The lowest BCUT2D eigenvalue weighted by Crippen LogP contribution is -2.54. The van der Waals surface area contributed by atoms with Crippen molar-refractivity contribution in [1.82, 2.24) is 9.78 Å². The van der Waals surface area contributed by atoms with Crippen LogP contribution in [0.15, 0.2) is 11.8 Å². The number of aromatic nitrogens is 2. The normalized spacial score (nSPS) is 45.8. The molecule has 4 aliphatic rings. The SMILES string of the molecule is Cc1nn(C)cc1/C=C1/C[C@@]2(C)[C@H](CC[C@@H]3[C@@H]2CC[C@]2(C)[C@@H](O)CC[C@@H]32)CC1=O. The van der Waals surface area contributed by atoms with Crippen LogP contribution in [-0.2, 0) is 11.8 Å². The van der Waals surface area contributed by atoms with Crippen LogP contribution in [0.4, 0.5) is 0 Å². The minimum atomic E-state index is -0.115. The topological polar surface area (TPSA) is 55.1 Å². The minimum absolute atomic E-state index is 0.115. The van der Waals surface area contributed by atoms with E-state index in [9.17, 15) is 9.90 Å². The molecule has 0 unspecified atom stereocenters. The van der Waals surface area contributed by atoms with Gasteiger partial charge in [-0.25, -0.2) is 0 Å². The molecular weight excluding hydrogens is 360 g/mol. The quantitative estimate of drug-likeness (QED) is 0.701. The van der Waals surface area contributed by atoms with Gasteiger partial charge in [0, 0.05) is 25.2 Å². The number of aryl methyl sites for hydroxylation is 2. The van der Waals surface area contributed by atoms with Gasteiger partial charge in [0.25, 0.3) is 0 Å². The van der Waals surface area contributed by atoms with Crippen molar-refractivity contribution in [3.63, 3.8) is 0 Å².